The number of fused-ring (bicyclic) bond motifs is 2. The minimum absolute atomic E-state index is 0.136. The first-order valence-corrected chi connectivity index (χ1v) is 9.00. The van der Waals surface area contributed by atoms with Crippen molar-refractivity contribution in [3.8, 4) is 11.8 Å². The molecule has 3 heterocycles. The second-order valence-electron chi connectivity index (χ2n) is 5.39. The maximum Gasteiger partial charge on any atom is 0.259 e. The second kappa shape index (κ2) is 6.04. The van der Waals surface area contributed by atoms with Crippen molar-refractivity contribution in [3.05, 3.63) is 74.8 Å². The Hall–Kier alpha value is -2.05. The fraction of sp³-hybridized carbons (Fsp3) is 0.0667. The molecule has 1 aliphatic rings. The molecule has 4 rings (SSSR count). The second-order valence-corrected chi connectivity index (χ2v) is 7.45. The molecular weight excluding hydrogens is 475 g/mol. The van der Waals surface area contributed by atoms with E-state index in [0.717, 1.165) is 9.13 Å². The van der Waals surface area contributed by atoms with Gasteiger partial charge in [-0.2, -0.15) is 0 Å². The minimum atomic E-state index is -0.623. The first kappa shape index (κ1) is 16.4. The van der Waals surface area contributed by atoms with Gasteiger partial charge in [-0.25, -0.2) is 0 Å². The van der Waals surface area contributed by atoms with E-state index in [1.807, 2.05) is 24.3 Å². The van der Waals surface area contributed by atoms with Crippen molar-refractivity contribution >= 4 is 47.0 Å². The van der Waals surface area contributed by atoms with Gasteiger partial charge < -0.3 is 14.7 Å². The summed E-state index contributed by atoms with van der Waals surface area (Å²) in [5, 5.41) is 0. The summed E-state index contributed by atoms with van der Waals surface area (Å²) < 4.78 is 7.00. The lowest BCUT2D eigenvalue weighted by Gasteiger charge is -2.25. The zero-order valence-corrected chi connectivity index (χ0v) is 16.1. The number of aromatic amines is 4. The molecule has 0 bridgehead atoms. The van der Waals surface area contributed by atoms with Crippen LogP contribution in [0.25, 0.3) is 0 Å². The lowest BCUT2D eigenvalue weighted by atomic mass is 9.86. The lowest BCUT2D eigenvalue weighted by Crippen LogP contribution is -2.29. The molecule has 126 valence electrons. The Morgan fingerprint density at radius 1 is 0.840 bits per heavy atom. The summed E-state index contributed by atoms with van der Waals surface area (Å²) in [4.78, 5) is 35.9. The van der Waals surface area contributed by atoms with Gasteiger partial charge in [0.25, 0.3) is 11.1 Å². The molecule has 1 aliphatic heterocycles. The molecule has 0 saturated carbocycles. The van der Waals surface area contributed by atoms with Gasteiger partial charge in [0.05, 0.1) is 17.0 Å². The number of nitrogens with one attached hydrogen (secondary N) is 4. The summed E-state index contributed by atoms with van der Waals surface area (Å²) in [6, 6.07) is 7.55. The van der Waals surface area contributed by atoms with Gasteiger partial charge in [0, 0.05) is 3.57 Å². The van der Waals surface area contributed by atoms with E-state index in [1.165, 1.54) is 0 Å². The third-order valence-electron chi connectivity index (χ3n) is 3.87. The lowest BCUT2D eigenvalue weighted by molar-refractivity contribution is 0.408. The molecule has 0 spiro atoms. The molecule has 10 heteroatoms. The van der Waals surface area contributed by atoms with Crippen LogP contribution in [0, 0.1) is 13.1 Å². The molecule has 4 N–H and O–H groups in total. The van der Waals surface area contributed by atoms with Crippen LogP contribution in [0.3, 0.4) is 0 Å². The van der Waals surface area contributed by atoms with Crippen LogP contribution >= 0.6 is 47.0 Å². The summed E-state index contributed by atoms with van der Waals surface area (Å²) in [7, 11) is 0. The molecule has 0 unspecified atom stereocenters. The fourth-order valence-electron chi connectivity index (χ4n) is 2.87. The van der Waals surface area contributed by atoms with Crippen LogP contribution in [0.15, 0.2) is 33.9 Å². The Kier molecular flexibility index (Phi) is 3.96. The van der Waals surface area contributed by atoms with Crippen molar-refractivity contribution in [1.29, 1.82) is 0 Å². The summed E-state index contributed by atoms with van der Waals surface area (Å²) in [5.41, 5.74) is 0.541. The van der Waals surface area contributed by atoms with E-state index in [2.05, 4.69) is 42.5 Å². The number of rotatable bonds is 1. The van der Waals surface area contributed by atoms with Gasteiger partial charge in [-0.05, 0) is 64.7 Å². The molecule has 2 aromatic heterocycles. The number of hydrogen-bond donors (Lipinski definition) is 4. The maximum absolute atomic E-state index is 12.6. The van der Waals surface area contributed by atoms with Crippen LogP contribution in [0.5, 0.6) is 11.8 Å². The molecule has 0 aliphatic carbocycles. The molecule has 3 aromatic rings. The molecule has 1 aromatic carbocycles. The van der Waals surface area contributed by atoms with Crippen molar-refractivity contribution < 1.29 is 4.74 Å². The highest BCUT2D eigenvalue weighted by Crippen LogP contribution is 2.41. The predicted octanol–water partition coefficient (Wildman–Crippen LogP) is 3.07. The van der Waals surface area contributed by atoms with Crippen LogP contribution in [0.2, 0.25) is 0 Å². The van der Waals surface area contributed by atoms with Crippen molar-refractivity contribution in [1.82, 2.24) is 19.9 Å². The van der Waals surface area contributed by atoms with Crippen molar-refractivity contribution in [2.75, 3.05) is 0 Å². The zero-order valence-electron chi connectivity index (χ0n) is 12.3. The SMILES string of the molecule is O=c1[nH]c(=S)[nH]c2c1C(c1ccc(I)cc1)c1c([nH]c(=S)[nH]c1=O)O2. The zero-order chi connectivity index (χ0) is 17.7. The minimum Gasteiger partial charge on any atom is -0.423 e. The quantitative estimate of drug-likeness (QED) is 0.246. The highest BCUT2D eigenvalue weighted by molar-refractivity contribution is 14.1. The van der Waals surface area contributed by atoms with Gasteiger partial charge in [0.2, 0.25) is 11.8 Å². The molecule has 7 nitrogen and oxygen atoms in total. The Morgan fingerprint density at radius 3 is 1.80 bits per heavy atom. The molecule has 0 fully saturated rings. The maximum atomic E-state index is 12.6. The van der Waals surface area contributed by atoms with Crippen molar-refractivity contribution in [2.45, 2.75) is 5.92 Å². The topological polar surface area (TPSA) is 107 Å². The van der Waals surface area contributed by atoms with E-state index in [4.69, 9.17) is 29.2 Å². The van der Waals surface area contributed by atoms with E-state index in [1.54, 1.807) is 0 Å². The van der Waals surface area contributed by atoms with Crippen molar-refractivity contribution in [2.24, 2.45) is 0 Å². The van der Waals surface area contributed by atoms with Crippen LogP contribution in [0.1, 0.15) is 22.6 Å². The summed E-state index contributed by atoms with van der Waals surface area (Å²) in [5.74, 6) is -0.232. The van der Waals surface area contributed by atoms with Crippen LogP contribution in [-0.2, 0) is 0 Å². The first-order chi connectivity index (χ1) is 11.9. The van der Waals surface area contributed by atoms with E-state index >= 15 is 0 Å². The molecule has 0 radical (unpaired) electrons. The summed E-state index contributed by atoms with van der Waals surface area (Å²) in [6.45, 7) is 0. The molecule has 0 atom stereocenters. The van der Waals surface area contributed by atoms with E-state index in [9.17, 15) is 9.59 Å². The van der Waals surface area contributed by atoms with E-state index < -0.39 is 17.0 Å². The number of benzene rings is 1. The number of ether oxygens (including phenoxy) is 1. The van der Waals surface area contributed by atoms with Crippen LogP contribution in [0.4, 0.5) is 0 Å². The van der Waals surface area contributed by atoms with Crippen LogP contribution in [-0.4, -0.2) is 19.9 Å². The van der Waals surface area contributed by atoms with E-state index in [-0.39, 0.29) is 21.3 Å². The first-order valence-electron chi connectivity index (χ1n) is 7.10. The highest BCUT2D eigenvalue weighted by atomic mass is 127. The molecule has 0 amide bonds. The van der Waals surface area contributed by atoms with Gasteiger partial charge in [-0.1, -0.05) is 12.1 Å². The largest absolute Gasteiger partial charge is 0.423 e. The number of halogens is 1. The monoisotopic (exact) mass is 484 g/mol. The molecule has 0 saturated heterocycles. The summed E-state index contributed by atoms with van der Waals surface area (Å²) >= 11 is 12.2. The van der Waals surface area contributed by atoms with Crippen LogP contribution < -0.4 is 15.9 Å². The van der Waals surface area contributed by atoms with Gasteiger partial charge in [0.1, 0.15) is 0 Å². The third kappa shape index (κ3) is 2.79. The Morgan fingerprint density at radius 2 is 1.32 bits per heavy atom. The predicted molar refractivity (Wildman–Crippen MR) is 105 cm³/mol. The standard InChI is InChI=1S/C15H9IN4O3S2/c16-6-3-1-5(2-4-6)7-8-10(21)17-14(24)19-12(8)23-13-9(7)11(22)18-15(25)20-13/h1-4,7H,(H2,17,19,21,24)(H2,18,20,22,25). The van der Waals surface area contributed by atoms with Gasteiger partial charge in [0.15, 0.2) is 9.54 Å². The summed E-state index contributed by atoms with van der Waals surface area (Å²) in [6.07, 6.45) is 0. The Bertz CT molecular complexity index is 1150. The Labute approximate surface area is 163 Å². The van der Waals surface area contributed by atoms with Crippen molar-refractivity contribution in [3.63, 3.8) is 0 Å². The number of H-pyrrole nitrogens is 4. The Balaban J connectivity index is 2.11. The number of aromatic nitrogens is 4. The normalized spacial score (nSPS) is 13.0. The molecule has 25 heavy (non-hydrogen) atoms. The highest BCUT2D eigenvalue weighted by Gasteiger charge is 2.35. The average molecular weight is 484 g/mol. The fourth-order valence-corrected chi connectivity index (χ4v) is 3.60. The van der Waals surface area contributed by atoms with Gasteiger partial charge in [-0.15, -0.1) is 0 Å². The van der Waals surface area contributed by atoms with Gasteiger partial charge in [-0.3, -0.25) is 19.6 Å². The van der Waals surface area contributed by atoms with Gasteiger partial charge >= 0.3 is 0 Å². The van der Waals surface area contributed by atoms with E-state index in [0.29, 0.717) is 11.1 Å². The molecular formula is C15H9IN4O3S2. The third-order valence-corrected chi connectivity index (χ3v) is 5.00. The number of hydrogen-bond acceptors (Lipinski definition) is 5. The average Bonchev–Trinajstić information content (AvgIpc) is 2.53. The smallest absolute Gasteiger partial charge is 0.259 e.